The second-order valence-electron chi connectivity index (χ2n) is 5.95. The highest BCUT2D eigenvalue weighted by molar-refractivity contribution is 7.80. The van der Waals surface area contributed by atoms with Gasteiger partial charge >= 0.3 is 0 Å². The monoisotopic (exact) mass is 345 g/mol. The predicted octanol–water partition coefficient (Wildman–Crippen LogP) is 4.44. The van der Waals surface area contributed by atoms with Gasteiger partial charge in [-0.15, -0.1) is 12.6 Å². The van der Waals surface area contributed by atoms with Crippen LogP contribution in [-0.4, -0.2) is 16.7 Å². The summed E-state index contributed by atoms with van der Waals surface area (Å²) in [7, 11) is 0. The Bertz CT molecular complexity index is 947. The molecule has 25 heavy (non-hydrogen) atoms. The zero-order chi connectivity index (χ0) is 17.4. The molecule has 0 aromatic heterocycles. The second-order valence-corrected chi connectivity index (χ2v) is 6.43. The van der Waals surface area contributed by atoms with E-state index in [1.165, 1.54) is 4.90 Å². The van der Waals surface area contributed by atoms with Gasteiger partial charge in [-0.25, -0.2) is 0 Å². The summed E-state index contributed by atoms with van der Waals surface area (Å²) in [5, 5.41) is 0. The number of imide groups is 1. The van der Waals surface area contributed by atoms with Crippen molar-refractivity contribution in [2.75, 3.05) is 0 Å². The molecule has 1 aliphatic heterocycles. The minimum Gasteiger partial charge on any atom is -0.270 e. The topological polar surface area (TPSA) is 37.4 Å². The number of hydrogen-bond acceptors (Lipinski definition) is 3. The fourth-order valence-electron chi connectivity index (χ4n) is 3.08. The van der Waals surface area contributed by atoms with Crippen molar-refractivity contribution in [3.8, 4) is 11.1 Å². The van der Waals surface area contributed by atoms with Crippen molar-refractivity contribution in [1.82, 2.24) is 4.90 Å². The zero-order valence-electron chi connectivity index (χ0n) is 13.3. The van der Waals surface area contributed by atoms with Gasteiger partial charge in [-0.1, -0.05) is 48.5 Å². The average molecular weight is 345 g/mol. The summed E-state index contributed by atoms with van der Waals surface area (Å²) in [6.45, 7) is 0.214. The third kappa shape index (κ3) is 2.75. The molecule has 0 saturated heterocycles. The quantitative estimate of drug-likeness (QED) is 0.563. The molecule has 2 amide bonds. The molecule has 0 N–H and O–H groups in total. The van der Waals surface area contributed by atoms with Gasteiger partial charge in [0.15, 0.2) is 0 Å². The van der Waals surface area contributed by atoms with Gasteiger partial charge in [0.2, 0.25) is 0 Å². The highest BCUT2D eigenvalue weighted by atomic mass is 32.1. The lowest BCUT2D eigenvalue weighted by Gasteiger charge is -2.16. The maximum Gasteiger partial charge on any atom is 0.261 e. The van der Waals surface area contributed by atoms with E-state index in [9.17, 15) is 9.59 Å². The van der Waals surface area contributed by atoms with Crippen molar-refractivity contribution in [2.45, 2.75) is 11.4 Å². The minimum absolute atomic E-state index is 0.214. The Morgan fingerprint density at radius 2 is 1.32 bits per heavy atom. The zero-order valence-corrected chi connectivity index (χ0v) is 14.2. The van der Waals surface area contributed by atoms with Crippen LogP contribution >= 0.6 is 12.6 Å². The molecular weight excluding hydrogens is 330 g/mol. The van der Waals surface area contributed by atoms with E-state index in [1.807, 2.05) is 48.5 Å². The highest BCUT2D eigenvalue weighted by Crippen LogP contribution is 2.29. The Hall–Kier alpha value is -2.85. The van der Waals surface area contributed by atoms with E-state index in [0.29, 0.717) is 11.1 Å². The first kappa shape index (κ1) is 15.7. The van der Waals surface area contributed by atoms with Crippen LogP contribution in [-0.2, 0) is 6.54 Å². The molecule has 0 radical (unpaired) electrons. The summed E-state index contributed by atoms with van der Waals surface area (Å²) in [5.41, 5.74) is 3.89. The Balaban J connectivity index is 1.68. The van der Waals surface area contributed by atoms with Crippen LogP contribution in [0.5, 0.6) is 0 Å². The second kappa shape index (κ2) is 6.22. The number of benzene rings is 3. The first-order chi connectivity index (χ1) is 12.1. The fraction of sp³-hybridized carbons (Fsp3) is 0.0476. The summed E-state index contributed by atoms with van der Waals surface area (Å²) in [5.74, 6) is -0.503. The third-order valence-electron chi connectivity index (χ3n) is 4.39. The molecule has 4 rings (SSSR count). The maximum atomic E-state index is 12.6. The van der Waals surface area contributed by atoms with Crippen molar-refractivity contribution in [3.05, 3.63) is 89.5 Å². The standard InChI is InChI=1S/C21H15NO2S/c23-20-17-8-4-5-9-18(17)21(24)22(20)13-16-12-15(10-11-19(16)25)14-6-2-1-3-7-14/h1-12,25H,13H2. The van der Waals surface area contributed by atoms with E-state index >= 15 is 0 Å². The minimum atomic E-state index is -0.251. The lowest BCUT2D eigenvalue weighted by molar-refractivity contribution is 0.0641. The lowest BCUT2D eigenvalue weighted by Crippen LogP contribution is -2.29. The Kier molecular flexibility index (Phi) is 3.90. The van der Waals surface area contributed by atoms with Crippen LogP contribution in [0.25, 0.3) is 11.1 Å². The summed E-state index contributed by atoms with van der Waals surface area (Å²) in [6, 6.07) is 22.8. The first-order valence-electron chi connectivity index (χ1n) is 7.97. The molecule has 4 heteroatoms. The van der Waals surface area contributed by atoms with Crippen LogP contribution in [0.4, 0.5) is 0 Å². The number of thiol groups is 1. The molecule has 0 saturated carbocycles. The molecule has 0 aliphatic carbocycles. The van der Waals surface area contributed by atoms with Gasteiger partial charge in [0.05, 0.1) is 17.7 Å². The smallest absolute Gasteiger partial charge is 0.261 e. The molecule has 0 fully saturated rings. The third-order valence-corrected chi connectivity index (χ3v) is 4.83. The van der Waals surface area contributed by atoms with Crippen LogP contribution < -0.4 is 0 Å². The fourth-order valence-corrected chi connectivity index (χ4v) is 3.29. The molecule has 3 nitrogen and oxygen atoms in total. The summed E-state index contributed by atoms with van der Waals surface area (Å²) < 4.78 is 0. The first-order valence-corrected chi connectivity index (χ1v) is 8.42. The summed E-state index contributed by atoms with van der Waals surface area (Å²) in [4.78, 5) is 27.2. The van der Waals surface area contributed by atoms with E-state index in [4.69, 9.17) is 0 Å². The largest absolute Gasteiger partial charge is 0.270 e. The van der Waals surface area contributed by atoms with E-state index in [0.717, 1.165) is 21.6 Å². The van der Waals surface area contributed by atoms with Gasteiger partial charge in [0, 0.05) is 4.90 Å². The summed E-state index contributed by atoms with van der Waals surface area (Å²) in [6.07, 6.45) is 0. The van der Waals surface area contributed by atoms with Gasteiger partial charge in [-0.05, 0) is 41.0 Å². The number of rotatable bonds is 3. The van der Waals surface area contributed by atoms with Crippen molar-refractivity contribution in [2.24, 2.45) is 0 Å². The van der Waals surface area contributed by atoms with E-state index < -0.39 is 0 Å². The van der Waals surface area contributed by atoms with Crippen LogP contribution in [0.3, 0.4) is 0 Å². The number of hydrogen-bond donors (Lipinski definition) is 1. The molecule has 3 aromatic rings. The molecule has 0 spiro atoms. The van der Waals surface area contributed by atoms with Gasteiger partial charge in [0.1, 0.15) is 0 Å². The van der Waals surface area contributed by atoms with Gasteiger partial charge in [0.25, 0.3) is 11.8 Å². The summed E-state index contributed by atoms with van der Waals surface area (Å²) >= 11 is 4.50. The number of carbonyl (C=O) groups excluding carboxylic acids is 2. The molecule has 1 heterocycles. The Morgan fingerprint density at radius 3 is 1.96 bits per heavy atom. The van der Waals surface area contributed by atoms with Crippen molar-refractivity contribution in [1.29, 1.82) is 0 Å². The molecule has 0 atom stereocenters. The van der Waals surface area contributed by atoms with E-state index in [-0.39, 0.29) is 18.4 Å². The van der Waals surface area contributed by atoms with Gasteiger partial charge in [-0.3, -0.25) is 14.5 Å². The van der Waals surface area contributed by atoms with Crippen LogP contribution in [0, 0.1) is 0 Å². The number of fused-ring (bicyclic) bond motifs is 1. The number of amides is 2. The Morgan fingerprint density at radius 1 is 0.720 bits per heavy atom. The molecule has 0 unspecified atom stereocenters. The highest BCUT2D eigenvalue weighted by Gasteiger charge is 2.35. The molecule has 1 aliphatic rings. The molecular formula is C21H15NO2S. The van der Waals surface area contributed by atoms with E-state index in [1.54, 1.807) is 24.3 Å². The van der Waals surface area contributed by atoms with Crippen molar-refractivity contribution >= 4 is 24.4 Å². The average Bonchev–Trinajstić information content (AvgIpc) is 2.89. The number of carbonyl (C=O) groups is 2. The van der Waals surface area contributed by atoms with Crippen LogP contribution in [0.2, 0.25) is 0 Å². The van der Waals surface area contributed by atoms with Crippen molar-refractivity contribution in [3.63, 3.8) is 0 Å². The predicted molar refractivity (Wildman–Crippen MR) is 99.8 cm³/mol. The lowest BCUT2D eigenvalue weighted by atomic mass is 10.0. The van der Waals surface area contributed by atoms with Crippen LogP contribution in [0.1, 0.15) is 26.3 Å². The van der Waals surface area contributed by atoms with Crippen molar-refractivity contribution < 1.29 is 9.59 Å². The van der Waals surface area contributed by atoms with Gasteiger partial charge < -0.3 is 0 Å². The SMILES string of the molecule is O=C1c2ccccc2C(=O)N1Cc1cc(-c2ccccc2)ccc1S. The van der Waals surface area contributed by atoms with Crippen LogP contribution in [0.15, 0.2) is 77.7 Å². The van der Waals surface area contributed by atoms with Gasteiger partial charge in [-0.2, -0.15) is 0 Å². The molecule has 0 bridgehead atoms. The maximum absolute atomic E-state index is 12.6. The molecule has 3 aromatic carbocycles. The number of nitrogens with zero attached hydrogens (tertiary/aromatic N) is 1. The van der Waals surface area contributed by atoms with E-state index in [2.05, 4.69) is 12.6 Å². The molecule has 122 valence electrons. The normalized spacial score (nSPS) is 13.2. The Labute approximate surface area is 151 Å².